The van der Waals surface area contributed by atoms with Crippen molar-refractivity contribution in [1.82, 2.24) is 0 Å². The molecule has 88 valence electrons. The van der Waals surface area contributed by atoms with E-state index in [4.69, 9.17) is 17.3 Å². The van der Waals surface area contributed by atoms with Crippen molar-refractivity contribution in [3.63, 3.8) is 0 Å². The van der Waals surface area contributed by atoms with E-state index in [9.17, 15) is 0 Å². The molecule has 15 heavy (non-hydrogen) atoms. The molecule has 0 aliphatic heterocycles. The molecule has 3 unspecified atom stereocenters. The molecule has 0 N–H and O–H groups in total. The molecular formula is C12H25BO2. The van der Waals surface area contributed by atoms with Crippen LogP contribution in [0.2, 0.25) is 0 Å². The average molecular weight is 212 g/mol. The fourth-order valence-electron chi connectivity index (χ4n) is 1.31. The van der Waals surface area contributed by atoms with Crippen LogP contribution in [0, 0.1) is 5.41 Å². The molecule has 0 amide bonds. The van der Waals surface area contributed by atoms with Gasteiger partial charge in [0.1, 0.15) is 7.85 Å². The van der Waals surface area contributed by atoms with Crippen molar-refractivity contribution in [2.75, 3.05) is 7.11 Å². The smallest absolute Gasteiger partial charge is 0.109 e. The summed E-state index contributed by atoms with van der Waals surface area (Å²) in [6.07, 6.45) is 2.32. The summed E-state index contributed by atoms with van der Waals surface area (Å²) in [4.78, 5) is 0. The first kappa shape index (κ1) is 15.0. The minimum atomic E-state index is -0.220. The lowest BCUT2D eigenvalue weighted by Gasteiger charge is -2.31. The van der Waals surface area contributed by atoms with Crippen molar-refractivity contribution in [3.05, 3.63) is 0 Å². The van der Waals surface area contributed by atoms with Crippen LogP contribution in [0.4, 0.5) is 0 Å². The van der Waals surface area contributed by atoms with Gasteiger partial charge in [0.25, 0.3) is 0 Å². The zero-order chi connectivity index (χ0) is 12.1. The third kappa shape index (κ3) is 6.21. The molecule has 3 heteroatoms. The highest BCUT2D eigenvalue weighted by molar-refractivity contribution is 6.11. The van der Waals surface area contributed by atoms with Gasteiger partial charge in [0.15, 0.2) is 0 Å². The van der Waals surface area contributed by atoms with Crippen LogP contribution in [0.5, 0.6) is 0 Å². The highest BCUT2D eigenvalue weighted by Crippen LogP contribution is 2.22. The van der Waals surface area contributed by atoms with Crippen LogP contribution in [-0.2, 0) is 9.47 Å². The molecule has 0 saturated carbocycles. The second kappa shape index (κ2) is 6.54. The third-order valence-electron chi connectivity index (χ3n) is 2.62. The molecule has 0 spiro atoms. The lowest BCUT2D eigenvalue weighted by Crippen LogP contribution is -2.34. The van der Waals surface area contributed by atoms with E-state index in [0.717, 1.165) is 12.8 Å². The van der Waals surface area contributed by atoms with Crippen molar-refractivity contribution in [3.8, 4) is 0 Å². The molecule has 0 bridgehead atoms. The molecule has 0 saturated heterocycles. The van der Waals surface area contributed by atoms with Gasteiger partial charge in [-0.1, -0.05) is 27.7 Å². The molecule has 3 atom stereocenters. The molecule has 0 aromatic carbocycles. The second-order valence-electron chi connectivity index (χ2n) is 5.23. The van der Waals surface area contributed by atoms with Crippen molar-refractivity contribution in [1.29, 1.82) is 0 Å². The minimum Gasteiger partial charge on any atom is -0.384 e. The first-order valence-corrected chi connectivity index (χ1v) is 5.75. The summed E-state index contributed by atoms with van der Waals surface area (Å²) in [5, 5.41) is 0. The van der Waals surface area contributed by atoms with Gasteiger partial charge in [0.05, 0.1) is 12.2 Å². The van der Waals surface area contributed by atoms with Crippen LogP contribution in [0.25, 0.3) is 0 Å². The highest BCUT2D eigenvalue weighted by atomic mass is 16.5. The average Bonchev–Trinajstić information content (AvgIpc) is 2.12. The van der Waals surface area contributed by atoms with E-state index in [0.29, 0.717) is 0 Å². The molecule has 0 aliphatic carbocycles. The topological polar surface area (TPSA) is 18.5 Å². The van der Waals surface area contributed by atoms with Gasteiger partial charge in [-0.15, -0.1) is 0 Å². The second-order valence-corrected chi connectivity index (χ2v) is 5.23. The molecular weight excluding hydrogens is 187 g/mol. The number of methoxy groups -OCH3 is 1. The largest absolute Gasteiger partial charge is 0.384 e. The molecule has 2 radical (unpaired) electrons. The molecule has 0 aromatic rings. The summed E-state index contributed by atoms with van der Waals surface area (Å²) < 4.78 is 11.1. The number of hydrogen-bond donors (Lipinski definition) is 0. The summed E-state index contributed by atoms with van der Waals surface area (Å²) >= 11 is 0. The van der Waals surface area contributed by atoms with Crippen LogP contribution in [0.3, 0.4) is 0 Å². The predicted octanol–water partition coefficient (Wildman–Crippen LogP) is 2.75. The molecule has 0 aromatic heterocycles. The van der Waals surface area contributed by atoms with Crippen LogP contribution in [-0.4, -0.2) is 33.2 Å². The molecule has 0 aliphatic rings. The Morgan fingerprint density at radius 1 is 1.27 bits per heavy atom. The van der Waals surface area contributed by atoms with Gasteiger partial charge < -0.3 is 9.47 Å². The Kier molecular flexibility index (Phi) is 6.54. The summed E-state index contributed by atoms with van der Waals surface area (Å²) in [7, 11) is 7.69. The van der Waals surface area contributed by atoms with Gasteiger partial charge in [-0.2, -0.15) is 0 Å². The molecule has 0 fully saturated rings. The van der Waals surface area contributed by atoms with E-state index < -0.39 is 0 Å². The summed E-state index contributed by atoms with van der Waals surface area (Å²) in [6, 6.07) is -0.220. The maximum Gasteiger partial charge on any atom is 0.109 e. The van der Waals surface area contributed by atoms with Gasteiger partial charge in [-0.3, -0.25) is 0 Å². The van der Waals surface area contributed by atoms with Gasteiger partial charge in [0, 0.05) is 13.1 Å². The minimum absolute atomic E-state index is 0.0109. The maximum atomic E-state index is 5.95. The van der Waals surface area contributed by atoms with Crippen molar-refractivity contribution in [2.45, 2.75) is 65.7 Å². The standard InChI is InChI=1S/C12H25BO2/c1-7-10(14-6)8-9(2)15-11(13)12(3,4)5/h9-11H,7-8H2,1-6H3. The Labute approximate surface area is 96.1 Å². The van der Waals surface area contributed by atoms with Gasteiger partial charge in [-0.25, -0.2) is 0 Å². The Morgan fingerprint density at radius 2 is 1.80 bits per heavy atom. The van der Waals surface area contributed by atoms with E-state index in [-0.39, 0.29) is 23.6 Å². The Morgan fingerprint density at radius 3 is 2.13 bits per heavy atom. The SMILES string of the molecule is [B]C(OC(C)CC(CC)OC)C(C)(C)C. The fraction of sp³-hybridized carbons (Fsp3) is 1.00. The van der Waals surface area contributed by atoms with Crippen LogP contribution in [0.15, 0.2) is 0 Å². The van der Waals surface area contributed by atoms with E-state index >= 15 is 0 Å². The quantitative estimate of drug-likeness (QED) is 0.630. The molecule has 0 rings (SSSR count). The van der Waals surface area contributed by atoms with Crippen LogP contribution >= 0.6 is 0 Å². The third-order valence-corrected chi connectivity index (χ3v) is 2.62. The summed E-state index contributed by atoms with van der Waals surface area (Å²) in [6.45, 7) is 10.4. The normalized spacial score (nSPS) is 18.5. The van der Waals surface area contributed by atoms with Crippen molar-refractivity contribution >= 4 is 7.85 Å². The van der Waals surface area contributed by atoms with Gasteiger partial charge >= 0.3 is 0 Å². The first-order chi connectivity index (χ1) is 6.81. The number of rotatable bonds is 6. The number of hydrogen-bond acceptors (Lipinski definition) is 2. The zero-order valence-corrected chi connectivity index (χ0v) is 11.0. The van der Waals surface area contributed by atoms with Crippen molar-refractivity contribution in [2.24, 2.45) is 5.41 Å². The van der Waals surface area contributed by atoms with E-state index in [1.54, 1.807) is 7.11 Å². The lowest BCUT2D eigenvalue weighted by molar-refractivity contribution is -0.0393. The molecule has 0 heterocycles. The highest BCUT2D eigenvalue weighted by Gasteiger charge is 2.23. The van der Waals surface area contributed by atoms with Crippen LogP contribution < -0.4 is 0 Å². The zero-order valence-electron chi connectivity index (χ0n) is 11.0. The Hall–Kier alpha value is -0.0151. The maximum absolute atomic E-state index is 5.95. The van der Waals surface area contributed by atoms with E-state index in [1.165, 1.54) is 0 Å². The van der Waals surface area contributed by atoms with Crippen LogP contribution in [0.1, 0.15) is 47.5 Å². The monoisotopic (exact) mass is 212 g/mol. The summed E-state index contributed by atoms with van der Waals surface area (Å²) in [5.74, 6) is 0. The first-order valence-electron chi connectivity index (χ1n) is 5.75. The Balaban J connectivity index is 3.97. The van der Waals surface area contributed by atoms with Crippen molar-refractivity contribution < 1.29 is 9.47 Å². The number of ether oxygens (including phenoxy) is 2. The molecule has 2 nitrogen and oxygen atoms in total. The fourth-order valence-corrected chi connectivity index (χ4v) is 1.31. The predicted molar refractivity (Wildman–Crippen MR) is 65.2 cm³/mol. The Bertz CT molecular complexity index is 161. The van der Waals surface area contributed by atoms with E-state index in [1.807, 2.05) is 6.92 Å². The van der Waals surface area contributed by atoms with Gasteiger partial charge in [0.2, 0.25) is 0 Å². The van der Waals surface area contributed by atoms with Gasteiger partial charge in [-0.05, 0) is 25.2 Å². The van der Waals surface area contributed by atoms with E-state index in [2.05, 4.69) is 27.7 Å². The summed E-state index contributed by atoms with van der Waals surface area (Å²) in [5.41, 5.74) is -0.0109. The lowest BCUT2D eigenvalue weighted by atomic mass is 9.77.